The topological polar surface area (TPSA) is 38.5 Å². The highest BCUT2D eigenvalue weighted by Gasteiger charge is 2.08. The lowest BCUT2D eigenvalue weighted by atomic mass is 10.1. The summed E-state index contributed by atoms with van der Waals surface area (Å²) in [6, 6.07) is 6.20. The van der Waals surface area contributed by atoms with Crippen molar-refractivity contribution in [3.63, 3.8) is 0 Å². The minimum absolute atomic E-state index is 0.0127. The Labute approximate surface area is 105 Å². The summed E-state index contributed by atoms with van der Waals surface area (Å²) in [5.41, 5.74) is 8.26. The highest BCUT2D eigenvalue weighted by molar-refractivity contribution is 5.38. The molecular formula is C14H24N2O. The Morgan fingerprint density at radius 3 is 2.65 bits per heavy atom. The van der Waals surface area contributed by atoms with Crippen LogP contribution in [0.4, 0.5) is 0 Å². The summed E-state index contributed by atoms with van der Waals surface area (Å²) in [5, 5.41) is 0. The first kappa shape index (κ1) is 14.0. The van der Waals surface area contributed by atoms with Gasteiger partial charge in [-0.3, -0.25) is 0 Å². The molecule has 0 fully saturated rings. The second kappa shape index (κ2) is 6.62. The summed E-state index contributed by atoms with van der Waals surface area (Å²) < 4.78 is 5.80. The molecule has 1 rings (SSSR count). The second-order valence-electron chi connectivity index (χ2n) is 4.84. The Morgan fingerprint density at radius 1 is 1.35 bits per heavy atom. The van der Waals surface area contributed by atoms with Crippen molar-refractivity contribution in [2.75, 3.05) is 27.2 Å². The van der Waals surface area contributed by atoms with Gasteiger partial charge in [0.2, 0.25) is 0 Å². The monoisotopic (exact) mass is 236 g/mol. The molecule has 1 aromatic carbocycles. The fourth-order valence-electron chi connectivity index (χ4n) is 1.72. The maximum atomic E-state index is 5.95. The number of hydrogen-bond acceptors (Lipinski definition) is 3. The largest absolute Gasteiger partial charge is 0.493 e. The summed E-state index contributed by atoms with van der Waals surface area (Å²) in [5.74, 6) is 0.921. The zero-order chi connectivity index (χ0) is 12.8. The van der Waals surface area contributed by atoms with E-state index in [0.29, 0.717) is 0 Å². The molecule has 17 heavy (non-hydrogen) atoms. The standard InChI is InChI=1S/C14H24N2O/c1-11-6-7-14(13(10-11)12(2)15)17-9-5-8-16(3)4/h6-7,10,12H,5,8-9,15H2,1-4H3. The van der Waals surface area contributed by atoms with Crippen molar-refractivity contribution >= 4 is 0 Å². The first-order valence-electron chi connectivity index (χ1n) is 6.14. The molecule has 1 aromatic rings. The molecule has 96 valence electrons. The number of hydrogen-bond donors (Lipinski definition) is 1. The lowest BCUT2D eigenvalue weighted by molar-refractivity contribution is 0.278. The molecule has 0 aliphatic heterocycles. The third kappa shape index (κ3) is 4.75. The van der Waals surface area contributed by atoms with Gasteiger partial charge in [-0.2, -0.15) is 0 Å². The number of nitrogens with two attached hydrogens (primary N) is 1. The van der Waals surface area contributed by atoms with Gasteiger partial charge in [0.1, 0.15) is 5.75 Å². The molecule has 0 aliphatic carbocycles. The quantitative estimate of drug-likeness (QED) is 0.771. The Bertz CT molecular complexity index is 348. The van der Waals surface area contributed by atoms with Crippen LogP contribution in [0.1, 0.15) is 30.5 Å². The van der Waals surface area contributed by atoms with Crippen LogP contribution < -0.4 is 10.5 Å². The first-order chi connectivity index (χ1) is 8.00. The van der Waals surface area contributed by atoms with E-state index in [0.717, 1.165) is 30.9 Å². The zero-order valence-corrected chi connectivity index (χ0v) is 11.4. The molecule has 0 radical (unpaired) electrons. The second-order valence-corrected chi connectivity index (χ2v) is 4.84. The summed E-state index contributed by atoms with van der Waals surface area (Å²) in [7, 11) is 4.14. The molecule has 0 heterocycles. The van der Waals surface area contributed by atoms with Gasteiger partial charge in [0, 0.05) is 18.2 Å². The van der Waals surface area contributed by atoms with Crippen LogP contribution in [0.25, 0.3) is 0 Å². The van der Waals surface area contributed by atoms with E-state index < -0.39 is 0 Å². The first-order valence-corrected chi connectivity index (χ1v) is 6.14. The molecule has 1 atom stereocenters. The van der Waals surface area contributed by atoms with Crippen molar-refractivity contribution in [2.24, 2.45) is 5.73 Å². The third-order valence-corrected chi connectivity index (χ3v) is 2.66. The molecule has 3 heteroatoms. The van der Waals surface area contributed by atoms with E-state index in [4.69, 9.17) is 10.5 Å². The van der Waals surface area contributed by atoms with Gasteiger partial charge in [-0.05, 0) is 40.4 Å². The van der Waals surface area contributed by atoms with Gasteiger partial charge < -0.3 is 15.4 Å². The van der Waals surface area contributed by atoms with E-state index in [9.17, 15) is 0 Å². The normalized spacial score (nSPS) is 12.8. The summed E-state index contributed by atoms with van der Waals surface area (Å²) >= 11 is 0. The van der Waals surface area contributed by atoms with Crippen molar-refractivity contribution in [3.05, 3.63) is 29.3 Å². The van der Waals surface area contributed by atoms with Gasteiger partial charge >= 0.3 is 0 Å². The van der Waals surface area contributed by atoms with Gasteiger partial charge in [0.25, 0.3) is 0 Å². The number of benzene rings is 1. The van der Waals surface area contributed by atoms with Crippen LogP contribution in [0.3, 0.4) is 0 Å². The highest BCUT2D eigenvalue weighted by Crippen LogP contribution is 2.25. The molecular weight excluding hydrogens is 212 g/mol. The van der Waals surface area contributed by atoms with Crippen LogP contribution in [-0.4, -0.2) is 32.1 Å². The molecule has 0 aromatic heterocycles. The average molecular weight is 236 g/mol. The maximum absolute atomic E-state index is 5.95. The lowest BCUT2D eigenvalue weighted by Crippen LogP contribution is -2.16. The van der Waals surface area contributed by atoms with Crippen molar-refractivity contribution in [2.45, 2.75) is 26.3 Å². The molecule has 0 spiro atoms. The molecule has 0 saturated heterocycles. The molecule has 0 bridgehead atoms. The molecule has 1 unspecified atom stereocenters. The highest BCUT2D eigenvalue weighted by atomic mass is 16.5. The fourth-order valence-corrected chi connectivity index (χ4v) is 1.72. The Balaban J connectivity index is 2.58. The van der Waals surface area contributed by atoms with Crippen LogP contribution in [0.2, 0.25) is 0 Å². The Hall–Kier alpha value is -1.06. The van der Waals surface area contributed by atoms with Gasteiger partial charge in [0.15, 0.2) is 0 Å². The van der Waals surface area contributed by atoms with Crippen LogP contribution >= 0.6 is 0 Å². The van der Waals surface area contributed by atoms with Crippen molar-refractivity contribution in [1.29, 1.82) is 0 Å². The molecule has 0 saturated carbocycles. The van der Waals surface area contributed by atoms with Gasteiger partial charge in [-0.1, -0.05) is 17.7 Å². The third-order valence-electron chi connectivity index (χ3n) is 2.66. The number of aryl methyl sites for hydroxylation is 1. The van der Waals surface area contributed by atoms with Crippen LogP contribution in [0, 0.1) is 6.92 Å². The minimum atomic E-state index is 0.0127. The van der Waals surface area contributed by atoms with Gasteiger partial charge in [-0.25, -0.2) is 0 Å². The average Bonchev–Trinajstić information content (AvgIpc) is 2.25. The van der Waals surface area contributed by atoms with Crippen molar-refractivity contribution < 1.29 is 4.74 Å². The van der Waals surface area contributed by atoms with E-state index in [2.05, 4.69) is 38.1 Å². The summed E-state index contributed by atoms with van der Waals surface area (Å²) in [6.07, 6.45) is 1.03. The molecule has 0 aliphatic rings. The lowest BCUT2D eigenvalue weighted by Gasteiger charge is -2.15. The zero-order valence-electron chi connectivity index (χ0n) is 11.4. The van der Waals surface area contributed by atoms with Crippen LogP contribution in [0.15, 0.2) is 18.2 Å². The van der Waals surface area contributed by atoms with E-state index in [1.165, 1.54) is 5.56 Å². The number of ether oxygens (including phenoxy) is 1. The minimum Gasteiger partial charge on any atom is -0.493 e. The molecule has 2 N–H and O–H groups in total. The maximum Gasteiger partial charge on any atom is 0.124 e. The van der Waals surface area contributed by atoms with Crippen molar-refractivity contribution in [3.8, 4) is 5.75 Å². The number of rotatable bonds is 6. The van der Waals surface area contributed by atoms with E-state index in [1.54, 1.807) is 0 Å². The Morgan fingerprint density at radius 2 is 2.06 bits per heavy atom. The van der Waals surface area contributed by atoms with E-state index in [1.807, 2.05) is 13.0 Å². The van der Waals surface area contributed by atoms with Gasteiger partial charge in [-0.15, -0.1) is 0 Å². The smallest absolute Gasteiger partial charge is 0.124 e. The number of nitrogens with zero attached hydrogens (tertiary/aromatic N) is 1. The van der Waals surface area contributed by atoms with Gasteiger partial charge in [0.05, 0.1) is 6.61 Å². The van der Waals surface area contributed by atoms with Crippen LogP contribution in [-0.2, 0) is 0 Å². The van der Waals surface area contributed by atoms with E-state index in [-0.39, 0.29) is 6.04 Å². The van der Waals surface area contributed by atoms with Crippen molar-refractivity contribution in [1.82, 2.24) is 4.90 Å². The molecule has 3 nitrogen and oxygen atoms in total. The SMILES string of the molecule is Cc1ccc(OCCCN(C)C)c(C(C)N)c1. The van der Waals surface area contributed by atoms with E-state index >= 15 is 0 Å². The predicted octanol–water partition coefficient (Wildman–Crippen LogP) is 2.35. The summed E-state index contributed by atoms with van der Waals surface area (Å²) in [4.78, 5) is 2.16. The fraction of sp³-hybridized carbons (Fsp3) is 0.571. The Kier molecular flexibility index (Phi) is 5.45. The molecule has 0 amide bonds. The van der Waals surface area contributed by atoms with Crippen LogP contribution in [0.5, 0.6) is 5.75 Å². The summed E-state index contributed by atoms with van der Waals surface area (Å²) in [6.45, 7) is 5.84. The predicted molar refractivity (Wildman–Crippen MR) is 72.4 cm³/mol.